The Bertz CT molecular complexity index is 599. The molecule has 8 heteroatoms. The maximum absolute atomic E-state index is 11.3. The van der Waals surface area contributed by atoms with Gasteiger partial charge in [0.15, 0.2) is 0 Å². The fourth-order valence-electron chi connectivity index (χ4n) is 2.53. The van der Waals surface area contributed by atoms with E-state index in [0.717, 1.165) is 0 Å². The second-order valence-corrected chi connectivity index (χ2v) is 5.38. The van der Waals surface area contributed by atoms with Gasteiger partial charge >= 0.3 is 5.69 Å². The van der Waals surface area contributed by atoms with E-state index >= 15 is 0 Å². The molecular weight excluding hydrogens is 330 g/mol. The number of aliphatic hydroxyl groups is 1. The van der Waals surface area contributed by atoms with Crippen LogP contribution in [0, 0.1) is 16.0 Å². The number of nitro benzene ring substituents is 1. The van der Waals surface area contributed by atoms with Crippen molar-refractivity contribution in [2.24, 2.45) is 5.92 Å². The molecule has 0 aromatic heterocycles. The Hall–Kier alpha value is -2.16. The lowest BCUT2D eigenvalue weighted by Crippen LogP contribution is -2.15. The van der Waals surface area contributed by atoms with E-state index in [1.54, 1.807) is 12.1 Å². The lowest BCUT2D eigenvalue weighted by Gasteiger charge is -2.23. The first-order chi connectivity index (χ1) is 11.9. The molecule has 0 aliphatic heterocycles. The van der Waals surface area contributed by atoms with Crippen molar-refractivity contribution in [2.45, 2.75) is 19.1 Å². The molecule has 0 saturated carbocycles. The smallest absolute Gasteiger partial charge is 0.315 e. The van der Waals surface area contributed by atoms with E-state index < -0.39 is 17.1 Å². The molecule has 0 saturated heterocycles. The van der Waals surface area contributed by atoms with E-state index in [1.165, 1.54) is 34.5 Å². The minimum atomic E-state index is -0.523. The van der Waals surface area contributed by atoms with Crippen LogP contribution in [0.15, 0.2) is 24.3 Å². The zero-order valence-electron chi connectivity index (χ0n) is 15.1. The van der Waals surface area contributed by atoms with E-state index in [0.29, 0.717) is 11.3 Å². The maximum atomic E-state index is 11.3. The summed E-state index contributed by atoms with van der Waals surface area (Å²) in [7, 11) is 5.82. The van der Waals surface area contributed by atoms with Crippen LogP contribution in [0.3, 0.4) is 0 Å². The lowest BCUT2D eigenvalue weighted by atomic mass is 9.94. The van der Waals surface area contributed by atoms with Gasteiger partial charge in [0.1, 0.15) is 5.75 Å². The second-order valence-electron chi connectivity index (χ2n) is 5.38. The van der Waals surface area contributed by atoms with Crippen molar-refractivity contribution in [1.29, 1.82) is 0 Å². The number of nitrogens with zero attached hydrogens (tertiary/aromatic N) is 1. The van der Waals surface area contributed by atoms with Gasteiger partial charge in [-0.25, -0.2) is 0 Å². The third-order valence-corrected chi connectivity index (χ3v) is 3.86. The summed E-state index contributed by atoms with van der Waals surface area (Å²) in [6.07, 6.45) is 2.60. The molecule has 0 heterocycles. The molecule has 1 N–H and O–H groups in total. The van der Waals surface area contributed by atoms with Gasteiger partial charge in [0.2, 0.25) is 5.75 Å². The first kappa shape index (κ1) is 20.9. The van der Waals surface area contributed by atoms with Crippen LogP contribution < -0.4 is 9.47 Å². The summed E-state index contributed by atoms with van der Waals surface area (Å²) < 4.78 is 21.1. The molecule has 25 heavy (non-hydrogen) atoms. The Morgan fingerprint density at radius 1 is 1.16 bits per heavy atom. The van der Waals surface area contributed by atoms with Crippen LogP contribution in [-0.2, 0) is 9.47 Å². The summed E-state index contributed by atoms with van der Waals surface area (Å²) >= 11 is 0. The van der Waals surface area contributed by atoms with Crippen LogP contribution in [0.2, 0.25) is 0 Å². The van der Waals surface area contributed by atoms with Gasteiger partial charge in [-0.05, 0) is 6.07 Å². The third-order valence-electron chi connectivity index (χ3n) is 3.86. The number of rotatable bonds is 10. The molecular formula is C17H25NO7. The second kappa shape index (κ2) is 9.97. The minimum Gasteiger partial charge on any atom is -0.496 e. The van der Waals surface area contributed by atoms with E-state index in [4.69, 9.17) is 18.9 Å². The molecule has 0 radical (unpaired) electrons. The number of ether oxygens (including phenoxy) is 4. The van der Waals surface area contributed by atoms with Crippen LogP contribution in [0.25, 0.3) is 0 Å². The van der Waals surface area contributed by atoms with E-state index in [1.807, 2.05) is 13.0 Å². The van der Waals surface area contributed by atoms with Gasteiger partial charge in [-0.2, -0.15) is 0 Å². The molecule has 0 bridgehead atoms. The fraction of sp³-hybridized carbons (Fsp3) is 0.529. The fourth-order valence-corrected chi connectivity index (χ4v) is 2.53. The predicted molar refractivity (Wildman–Crippen MR) is 92.1 cm³/mol. The van der Waals surface area contributed by atoms with E-state index in [2.05, 4.69) is 0 Å². The summed E-state index contributed by atoms with van der Waals surface area (Å²) in [4.78, 5) is 10.8. The van der Waals surface area contributed by atoms with Gasteiger partial charge in [0.25, 0.3) is 0 Å². The molecule has 0 fully saturated rings. The largest absolute Gasteiger partial charge is 0.496 e. The molecule has 0 aliphatic rings. The van der Waals surface area contributed by atoms with Crippen molar-refractivity contribution in [3.8, 4) is 11.5 Å². The molecule has 0 aliphatic carbocycles. The van der Waals surface area contributed by atoms with Crippen molar-refractivity contribution >= 4 is 5.69 Å². The van der Waals surface area contributed by atoms with Gasteiger partial charge in [-0.1, -0.05) is 19.1 Å². The summed E-state index contributed by atoms with van der Waals surface area (Å²) in [6.45, 7) is 1.74. The molecule has 1 aromatic carbocycles. The average Bonchev–Trinajstić information content (AvgIpc) is 2.62. The lowest BCUT2D eigenvalue weighted by molar-refractivity contribution is -0.385. The number of nitro groups is 1. The molecule has 8 nitrogen and oxygen atoms in total. The van der Waals surface area contributed by atoms with E-state index in [9.17, 15) is 15.2 Å². The molecule has 1 rings (SSSR count). The number of aliphatic hydroxyl groups excluding tert-OH is 1. The maximum Gasteiger partial charge on any atom is 0.315 e. The Balaban J connectivity index is 3.33. The quantitative estimate of drug-likeness (QED) is 0.391. The van der Waals surface area contributed by atoms with Crippen LogP contribution in [0.1, 0.15) is 18.6 Å². The average molecular weight is 355 g/mol. The predicted octanol–water partition coefficient (Wildman–Crippen LogP) is 2.50. The Morgan fingerprint density at radius 3 is 2.28 bits per heavy atom. The number of hydrogen-bond acceptors (Lipinski definition) is 7. The molecule has 140 valence electrons. The van der Waals surface area contributed by atoms with Gasteiger partial charge < -0.3 is 24.1 Å². The molecule has 0 unspecified atom stereocenters. The van der Waals surface area contributed by atoms with Crippen LogP contribution in [0.4, 0.5) is 5.69 Å². The highest BCUT2D eigenvalue weighted by atomic mass is 16.6. The SMILES string of the molecule is COc1cc([C@H](OC)[C@@H](C)/C=C/[C@@H](CO)OC)c(OC)c([N+](=O)[O-])c1. The summed E-state index contributed by atoms with van der Waals surface area (Å²) in [6, 6.07) is 2.96. The van der Waals surface area contributed by atoms with E-state index in [-0.39, 0.29) is 24.0 Å². The monoisotopic (exact) mass is 355 g/mol. The molecule has 1 aromatic rings. The summed E-state index contributed by atoms with van der Waals surface area (Å²) in [5.74, 6) is 0.295. The number of hydrogen-bond donors (Lipinski definition) is 1. The van der Waals surface area contributed by atoms with Crippen molar-refractivity contribution in [3.05, 3.63) is 40.0 Å². The zero-order chi connectivity index (χ0) is 19.0. The van der Waals surface area contributed by atoms with Crippen molar-refractivity contribution in [3.63, 3.8) is 0 Å². The Kier molecular flexibility index (Phi) is 8.33. The minimum absolute atomic E-state index is 0.128. The van der Waals surface area contributed by atoms with Crippen LogP contribution in [0.5, 0.6) is 11.5 Å². The van der Waals surface area contributed by atoms with Crippen molar-refractivity contribution in [2.75, 3.05) is 35.0 Å². The van der Waals surface area contributed by atoms with Gasteiger partial charge in [0, 0.05) is 25.7 Å². The first-order valence-electron chi connectivity index (χ1n) is 7.68. The van der Waals surface area contributed by atoms with Gasteiger partial charge in [0.05, 0.1) is 44.0 Å². The summed E-state index contributed by atoms with van der Waals surface area (Å²) in [5.41, 5.74) is 0.311. The topological polar surface area (TPSA) is 100 Å². The zero-order valence-corrected chi connectivity index (χ0v) is 15.1. The number of methoxy groups -OCH3 is 4. The molecule has 0 spiro atoms. The highest BCUT2D eigenvalue weighted by Crippen LogP contribution is 2.42. The van der Waals surface area contributed by atoms with Gasteiger partial charge in [-0.3, -0.25) is 10.1 Å². The highest BCUT2D eigenvalue weighted by molar-refractivity contribution is 5.57. The van der Waals surface area contributed by atoms with Gasteiger partial charge in [-0.15, -0.1) is 0 Å². The first-order valence-corrected chi connectivity index (χ1v) is 7.68. The third kappa shape index (κ3) is 5.15. The standard InChI is InChI=1S/C17H25NO7/c1-11(6-7-12(10-19)22-2)16(24-4)14-8-13(23-3)9-15(18(20)21)17(14)25-5/h6-9,11-12,16,19H,10H2,1-5H3/b7-6+/t11-,12-,16+/m0/s1. The Labute approximate surface area is 147 Å². The summed E-state index contributed by atoms with van der Waals surface area (Å²) in [5, 5.41) is 20.5. The molecule has 0 amide bonds. The highest BCUT2D eigenvalue weighted by Gasteiger charge is 2.28. The van der Waals surface area contributed by atoms with Crippen molar-refractivity contribution < 1.29 is 29.0 Å². The molecule has 3 atom stereocenters. The van der Waals surface area contributed by atoms with Crippen LogP contribution in [-0.4, -0.2) is 51.2 Å². The normalized spacial score (nSPS) is 15.0. The number of benzene rings is 1. The Morgan fingerprint density at radius 2 is 1.84 bits per heavy atom. The van der Waals surface area contributed by atoms with Crippen LogP contribution >= 0.6 is 0 Å². The van der Waals surface area contributed by atoms with Crippen molar-refractivity contribution in [1.82, 2.24) is 0 Å².